The number of rotatable bonds is 7. The zero-order valence-corrected chi connectivity index (χ0v) is 19.6. The Hall–Kier alpha value is -3.57. The van der Waals surface area contributed by atoms with Crippen LogP contribution in [0.5, 0.6) is 5.75 Å². The molecule has 3 aromatic carbocycles. The Balaban J connectivity index is 1.82. The fraction of sp³-hybridized carbons (Fsp3) is 0.130. The summed E-state index contributed by atoms with van der Waals surface area (Å²) in [5.41, 5.74) is -0.493. The normalized spacial score (nSPS) is 11.5. The lowest BCUT2D eigenvalue weighted by Crippen LogP contribution is -2.06. The number of alkyl halides is 3. The van der Waals surface area contributed by atoms with Crippen LogP contribution < -0.4 is 4.74 Å². The maximum atomic E-state index is 13.1. The molecule has 1 aromatic heterocycles. The van der Waals surface area contributed by atoms with Crippen molar-refractivity contribution in [3.8, 4) is 22.8 Å². The zero-order valence-electron chi connectivity index (χ0n) is 18.0. The molecule has 0 aliphatic carbocycles. The van der Waals surface area contributed by atoms with E-state index in [0.29, 0.717) is 40.5 Å². The first-order valence-electron chi connectivity index (χ1n) is 10.2. The van der Waals surface area contributed by atoms with Crippen LogP contribution in [0, 0.1) is 10.1 Å². The summed E-state index contributed by atoms with van der Waals surface area (Å²) in [4.78, 5) is 10.7. The summed E-state index contributed by atoms with van der Waals surface area (Å²) in [5, 5.41) is 20.7. The lowest BCUT2D eigenvalue weighted by atomic mass is 10.2. The molecular formula is C23H16ClF3N4O3S. The molecule has 0 bridgehead atoms. The molecule has 0 aliphatic heterocycles. The smallest absolute Gasteiger partial charge is 0.416 e. The lowest BCUT2D eigenvalue weighted by molar-refractivity contribution is -0.388. The van der Waals surface area contributed by atoms with Crippen molar-refractivity contribution in [2.24, 2.45) is 0 Å². The molecule has 7 nitrogen and oxygen atoms in total. The van der Waals surface area contributed by atoms with Crippen molar-refractivity contribution in [2.45, 2.75) is 23.2 Å². The van der Waals surface area contributed by atoms with E-state index in [1.807, 2.05) is 6.92 Å². The highest BCUT2D eigenvalue weighted by Gasteiger charge is 2.33. The van der Waals surface area contributed by atoms with Gasteiger partial charge in [-0.25, -0.2) is 0 Å². The van der Waals surface area contributed by atoms with Crippen LogP contribution in [0.4, 0.5) is 18.9 Å². The Morgan fingerprint density at radius 1 is 1.06 bits per heavy atom. The average Bonchev–Trinajstić information content (AvgIpc) is 3.23. The third-order valence-electron chi connectivity index (χ3n) is 4.83. The number of nitrogens with zero attached hydrogens (tertiary/aromatic N) is 4. The summed E-state index contributed by atoms with van der Waals surface area (Å²) in [7, 11) is 0. The van der Waals surface area contributed by atoms with Crippen LogP contribution in [-0.2, 0) is 6.18 Å². The zero-order chi connectivity index (χ0) is 25.2. The van der Waals surface area contributed by atoms with Crippen LogP contribution in [0.15, 0.2) is 76.8 Å². The lowest BCUT2D eigenvalue weighted by Gasteiger charge is -2.12. The highest BCUT2D eigenvalue weighted by molar-refractivity contribution is 7.99. The summed E-state index contributed by atoms with van der Waals surface area (Å²) < 4.78 is 46.5. The van der Waals surface area contributed by atoms with Crippen molar-refractivity contribution < 1.29 is 22.8 Å². The first-order valence-corrected chi connectivity index (χ1v) is 11.3. The molecule has 0 unspecified atom stereocenters. The van der Waals surface area contributed by atoms with Crippen LogP contribution in [0.2, 0.25) is 5.02 Å². The molecular weight excluding hydrogens is 505 g/mol. The summed E-state index contributed by atoms with van der Waals surface area (Å²) in [6, 6.07) is 16.2. The van der Waals surface area contributed by atoms with E-state index in [4.69, 9.17) is 16.3 Å². The van der Waals surface area contributed by atoms with Crippen molar-refractivity contribution in [3.63, 3.8) is 0 Å². The second kappa shape index (κ2) is 9.96. The predicted octanol–water partition coefficient (Wildman–Crippen LogP) is 7.06. The Kier molecular flexibility index (Phi) is 6.99. The number of hydrogen-bond acceptors (Lipinski definition) is 6. The van der Waals surface area contributed by atoms with Crippen LogP contribution in [0.1, 0.15) is 12.5 Å². The molecule has 0 spiro atoms. The highest BCUT2D eigenvalue weighted by atomic mass is 35.5. The van der Waals surface area contributed by atoms with Gasteiger partial charge >= 0.3 is 6.18 Å². The number of nitro groups is 1. The third-order valence-corrected chi connectivity index (χ3v) is 6.09. The molecule has 1 heterocycles. The molecule has 0 aliphatic rings. The van der Waals surface area contributed by atoms with E-state index < -0.39 is 22.4 Å². The van der Waals surface area contributed by atoms with Gasteiger partial charge in [0.2, 0.25) is 5.16 Å². The van der Waals surface area contributed by atoms with E-state index in [2.05, 4.69) is 10.2 Å². The summed E-state index contributed by atoms with van der Waals surface area (Å²) in [6.45, 7) is 2.35. The van der Waals surface area contributed by atoms with Gasteiger partial charge in [-0.3, -0.25) is 14.7 Å². The quantitative estimate of drug-likeness (QED) is 0.191. The van der Waals surface area contributed by atoms with Crippen LogP contribution in [0.25, 0.3) is 17.1 Å². The average molecular weight is 521 g/mol. The third kappa shape index (κ3) is 5.41. The Bertz CT molecular complexity index is 1360. The van der Waals surface area contributed by atoms with Gasteiger partial charge < -0.3 is 4.74 Å². The number of ether oxygens (including phenoxy) is 1. The maximum absolute atomic E-state index is 13.1. The molecule has 0 radical (unpaired) electrons. The monoisotopic (exact) mass is 520 g/mol. The first kappa shape index (κ1) is 24.6. The number of benzene rings is 3. The predicted molar refractivity (Wildman–Crippen MR) is 125 cm³/mol. The molecule has 35 heavy (non-hydrogen) atoms. The van der Waals surface area contributed by atoms with Crippen LogP contribution >= 0.6 is 23.4 Å². The molecule has 180 valence electrons. The fourth-order valence-corrected chi connectivity index (χ4v) is 4.30. The molecule has 0 saturated heterocycles. The van der Waals surface area contributed by atoms with Gasteiger partial charge in [0, 0.05) is 16.7 Å². The van der Waals surface area contributed by atoms with E-state index in [9.17, 15) is 23.3 Å². The van der Waals surface area contributed by atoms with E-state index in [-0.39, 0.29) is 10.1 Å². The Labute approximate surface area is 206 Å². The van der Waals surface area contributed by atoms with Crippen molar-refractivity contribution in [3.05, 3.63) is 87.4 Å². The molecule has 4 rings (SSSR count). The summed E-state index contributed by atoms with van der Waals surface area (Å²) in [6.07, 6.45) is -4.71. The molecule has 4 aromatic rings. The molecule has 0 atom stereocenters. The van der Waals surface area contributed by atoms with Crippen LogP contribution in [-0.4, -0.2) is 26.3 Å². The highest BCUT2D eigenvalue weighted by Crippen LogP contribution is 2.40. The van der Waals surface area contributed by atoms with Gasteiger partial charge in [0.15, 0.2) is 5.82 Å². The molecule has 12 heteroatoms. The van der Waals surface area contributed by atoms with E-state index >= 15 is 0 Å². The van der Waals surface area contributed by atoms with Crippen molar-refractivity contribution >= 4 is 29.1 Å². The second-order valence-corrected chi connectivity index (χ2v) is 8.56. The van der Waals surface area contributed by atoms with Gasteiger partial charge in [0.05, 0.1) is 27.7 Å². The van der Waals surface area contributed by atoms with Crippen molar-refractivity contribution in [1.29, 1.82) is 0 Å². The molecule has 0 N–H and O–H groups in total. The topological polar surface area (TPSA) is 83.1 Å². The standard InChI is InChI=1S/C23H16ClF3N4O3S/c1-2-34-18-10-8-17(9-11-18)30-21(14-3-6-16(24)7-4-14)28-29-22(30)35-20-12-5-15(23(25,26)27)13-19(20)31(32)33/h3-13H,2H2,1H3. The first-order chi connectivity index (χ1) is 16.7. The van der Waals surface area contributed by atoms with Gasteiger partial charge in [0.25, 0.3) is 5.69 Å². The van der Waals surface area contributed by atoms with Gasteiger partial charge in [-0.1, -0.05) is 11.6 Å². The second-order valence-electron chi connectivity index (χ2n) is 7.11. The van der Waals surface area contributed by atoms with Gasteiger partial charge in [-0.05, 0) is 79.3 Å². The fourth-order valence-electron chi connectivity index (χ4n) is 3.23. The van der Waals surface area contributed by atoms with Gasteiger partial charge in [-0.15, -0.1) is 10.2 Å². The van der Waals surface area contributed by atoms with E-state index in [1.165, 1.54) is 0 Å². The van der Waals surface area contributed by atoms with Crippen molar-refractivity contribution in [1.82, 2.24) is 14.8 Å². The maximum Gasteiger partial charge on any atom is 0.416 e. The number of nitro benzene ring substituents is 1. The molecule has 0 saturated carbocycles. The van der Waals surface area contributed by atoms with Gasteiger partial charge in [-0.2, -0.15) is 13.2 Å². The molecule has 0 fully saturated rings. The van der Waals surface area contributed by atoms with Crippen molar-refractivity contribution in [2.75, 3.05) is 6.61 Å². The minimum absolute atomic E-state index is 0.00903. The molecule has 0 amide bonds. The van der Waals surface area contributed by atoms with Gasteiger partial charge in [0.1, 0.15) is 5.75 Å². The van der Waals surface area contributed by atoms with E-state index in [0.717, 1.165) is 23.9 Å². The summed E-state index contributed by atoms with van der Waals surface area (Å²) >= 11 is 6.84. The Morgan fingerprint density at radius 3 is 2.34 bits per heavy atom. The largest absolute Gasteiger partial charge is 0.494 e. The SMILES string of the molecule is CCOc1ccc(-n2c(Sc3ccc(C(F)(F)F)cc3[N+](=O)[O-])nnc2-c2ccc(Cl)cc2)cc1. The van der Waals surface area contributed by atoms with Crippen LogP contribution in [0.3, 0.4) is 0 Å². The number of halogens is 4. The minimum atomic E-state index is -4.71. The Morgan fingerprint density at radius 2 is 1.74 bits per heavy atom. The number of hydrogen-bond donors (Lipinski definition) is 0. The number of aromatic nitrogens is 3. The summed E-state index contributed by atoms with van der Waals surface area (Å²) in [5.74, 6) is 1.06. The minimum Gasteiger partial charge on any atom is -0.494 e. The van der Waals surface area contributed by atoms with E-state index in [1.54, 1.807) is 53.1 Å².